The molecule has 198 valence electrons. The highest BCUT2D eigenvalue weighted by atomic mass is 32.2. The van der Waals surface area contributed by atoms with E-state index in [0.29, 0.717) is 19.5 Å². The summed E-state index contributed by atoms with van der Waals surface area (Å²) in [7, 11) is -2.60. The van der Waals surface area contributed by atoms with E-state index in [2.05, 4.69) is 20.5 Å². The van der Waals surface area contributed by atoms with Gasteiger partial charge in [-0.05, 0) is 39.0 Å². The molecule has 2 amide bonds. The number of sulfonamides is 1. The lowest BCUT2D eigenvalue weighted by Gasteiger charge is -2.35. The third-order valence-corrected chi connectivity index (χ3v) is 7.39. The summed E-state index contributed by atoms with van der Waals surface area (Å²) in [6, 6.07) is 3.93. The van der Waals surface area contributed by atoms with Crippen molar-refractivity contribution in [3.63, 3.8) is 0 Å². The van der Waals surface area contributed by atoms with Crippen LogP contribution >= 0.6 is 0 Å². The number of hydrogen-bond acceptors (Lipinski definition) is 7. The Balaban J connectivity index is 1.96. The molecule has 2 N–H and O–H groups in total. The van der Waals surface area contributed by atoms with Gasteiger partial charge in [0.25, 0.3) is 10.0 Å². The highest BCUT2D eigenvalue weighted by Gasteiger charge is 2.51. The van der Waals surface area contributed by atoms with Crippen LogP contribution in [-0.2, 0) is 26.6 Å². The maximum absolute atomic E-state index is 13.6. The normalized spacial score (nSPS) is 16.1. The van der Waals surface area contributed by atoms with Crippen LogP contribution in [0.25, 0.3) is 0 Å². The van der Waals surface area contributed by atoms with Crippen molar-refractivity contribution in [1.82, 2.24) is 15.1 Å². The van der Waals surface area contributed by atoms with Crippen LogP contribution in [0.15, 0.2) is 29.3 Å². The molecule has 0 saturated carbocycles. The molecule has 0 fully saturated rings. The maximum atomic E-state index is 13.6. The average molecular weight is 534 g/mol. The number of ether oxygens (including phenoxy) is 2. The van der Waals surface area contributed by atoms with Gasteiger partial charge in [-0.2, -0.15) is 18.3 Å². The molecular weight excluding hydrogens is 507 g/mol. The van der Waals surface area contributed by atoms with Gasteiger partial charge in [-0.3, -0.25) is 19.1 Å². The molecule has 1 atom stereocenters. The Hall–Kier alpha value is -3.49. The first-order valence-electron chi connectivity index (χ1n) is 10.7. The molecule has 1 aliphatic rings. The van der Waals surface area contributed by atoms with Gasteiger partial charge in [-0.1, -0.05) is 0 Å². The number of aromatic nitrogens is 2. The monoisotopic (exact) mass is 533 g/mol. The minimum atomic E-state index is -4.80. The molecule has 1 aliphatic heterocycles. The van der Waals surface area contributed by atoms with E-state index in [1.54, 1.807) is 14.0 Å². The molecule has 15 heteroatoms. The van der Waals surface area contributed by atoms with Gasteiger partial charge in [0.2, 0.25) is 11.5 Å². The number of hydrogen-bond donors (Lipinski definition) is 2. The summed E-state index contributed by atoms with van der Waals surface area (Å²) < 4.78 is 79.1. The van der Waals surface area contributed by atoms with Gasteiger partial charge >= 0.3 is 12.3 Å². The molecular formula is C21H26F3N5O6S. The number of aryl methyl sites for hydroxylation is 1. The fraction of sp³-hybridized carbons (Fsp3) is 0.476. The van der Waals surface area contributed by atoms with Gasteiger partial charge in [-0.15, -0.1) is 0 Å². The van der Waals surface area contributed by atoms with Crippen molar-refractivity contribution in [3.05, 3.63) is 30.1 Å². The van der Waals surface area contributed by atoms with Crippen molar-refractivity contribution in [1.29, 1.82) is 0 Å². The van der Waals surface area contributed by atoms with Gasteiger partial charge in [0.1, 0.15) is 16.7 Å². The van der Waals surface area contributed by atoms with Crippen LogP contribution in [-0.4, -0.2) is 61.2 Å². The first-order chi connectivity index (χ1) is 16.5. The number of rotatable bonds is 6. The predicted octanol–water partition coefficient (Wildman–Crippen LogP) is 2.71. The van der Waals surface area contributed by atoms with Crippen molar-refractivity contribution >= 4 is 33.4 Å². The lowest BCUT2D eigenvalue weighted by atomic mass is 10.1. The number of amides is 2. The molecule has 0 saturated heterocycles. The van der Waals surface area contributed by atoms with Crippen LogP contribution in [0, 0.1) is 6.92 Å². The highest BCUT2D eigenvalue weighted by Crippen LogP contribution is 2.39. The summed E-state index contributed by atoms with van der Waals surface area (Å²) >= 11 is 0. The topological polar surface area (TPSA) is 132 Å². The van der Waals surface area contributed by atoms with Crippen molar-refractivity contribution in [2.45, 2.75) is 50.5 Å². The molecule has 1 aromatic carbocycles. The molecule has 1 unspecified atom stereocenters. The molecule has 3 rings (SSSR count). The second-order valence-corrected chi connectivity index (χ2v) is 10.5. The van der Waals surface area contributed by atoms with Gasteiger partial charge in [0.05, 0.1) is 30.7 Å². The third kappa shape index (κ3) is 5.50. The van der Waals surface area contributed by atoms with E-state index < -0.39 is 34.0 Å². The Bertz CT molecular complexity index is 1280. The molecule has 11 nitrogen and oxygen atoms in total. The summed E-state index contributed by atoms with van der Waals surface area (Å²) in [5, 5.41) is 8.74. The van der Waals surface area contributed by atoms with Crippen LogP contribution in [0.3, 0.4) is 0 Å². The van der Waals surface area contributed by atoms with E-state index >= 15 is 0 Å². The van der Waals surface area contributed by atoms with Gasteiger partial charge < -0.3 is 14.8 Å². The Labute approximate surface area is 205 Å². The largest absolute Gasteiger partial charge is 0.484 e. The van der Waals surface area contributed by atoms with E-state index in [1.807, 2.05) is 0 Å². The minimum absolute atomic E-state index is 0.0195. The van der Waals surface area contributed by atoms with Crippen molar-refractivity contribution in [2.24, 2.45) is 7.05 Å². The second-order valence-electron chi connectivity index (χ2n) is 8.64. The predicted molar refractivity (Wildman–Crippen MR) is 122 cm³/mol. The summed E-state index contributed by atoms with van der Waals surface area (Å²) in [6.45, 7) is 4.11. The zero-order valence-corrected chi connectivity index (χ0v) is 21.0. The number of nitrogens with one attached hydrogen (secondary N) is 2. The number of fused-ring (bicyclic) bond motifs is 1. The van der Waals surface area contributed by atoms with Crippen molar-refractivity contribution in [3.8, 4) is 5.75 Å². The molecule has 0 spiro atoms. The summed E-state index contributed by atoms with van der Waals surface area (Å²) in [6.07, 6.45) is -5.73. The van der Waals surface area contributed by atoms with Gasteiger partial charge in [0, 0.05) is 19.7 Å². The smallest absolute Gasteiger partial charge is 0.427 e. The van der Waals surface area contributed by atoms with E-state index in [4.69, 9.17) is 4.74 Å². The lowest BCUT2D eigenvalue weighted by molar-refractivity contribution is -0.242. The fourth-order valence-corrected chi connectivity index (χ4v) is 4.95. The van der Waals surface area contributed by atoms with Crippen LogP contribution in [0.2, 0.25) is 0 Å². The quantitative estimate of drug-likeness (QED) is 0.584. The van der Waals surface area contributed by atoms with Crippen LogP contribution in [0.5, 0.6) is 5.75 Å². The number of anilines is 2. The summed E-state index contributed by atoms with van der Waals surface area (Å²) in [4.78, 5) is 23.4. The average Bonchev–Trinajstić information content (AvgIpc) is 3.09. The summed E-state index contributed by atoms with van der Waals surface area (Å²) in [5.41, 5.74) is -2.37. The fourth-order valence-electron chi connectivity index (χ4n) is 3.26. The molecule has 2 heterocycles. The number of halogens is 3. The number of carbonyl (C=O) groups is 2. The SMILES string of the molecule is CC(=O)NCC1CN(S(=O)(=O)c2cnn(C)c2C)c2cc(NC(=O)OC(C)(C)C(F)(F)F)ccc2O1. The minimum Gasteiger partial charge on any atom is -0.484 e. The van der Waals surface area contributed by atoms with Crippen LogP contribution in [0.1, 0.15) is 26.5 Å². The first-order valence-corrected chi connectivity index (χ1v) is 12.1. The molecule has 1 aromatic heterocycles. The van der Waals surface area contributed by atoms with E-state index in [-0.39, 0.29) is 41.0 Å². The zero-order chi connectivity index (χ0) is 27.1. The summed E-state index contributed by atoms with van der Waals surface area (Å²) in [5.74, 6) is -0.210. The zero-order valence-electron chi connectivity index (χ0n) is 20.1. The van der Waals surface area contributed by atoms with Gasteiger partial charge in [-0.25, -0.2) is 13.2 Å². The molecule has 0 bridgehead atoms. The molecule has 0 radical (unpaired) electrons. The maximum Gasteiger partial charge on any atom is 0.427 e. The highest BCUT2D eigenvalue weighted by molar-refractivity contribution is 7.92. The van der Waals surface area contributed by atoms with Crippen LogP contribution in [0.4, 0.5) is 29.3 Å². The Morgan fingerprint density at radius 1 is 1.28 bits per heavy atom. The Morgan fingerprint density at radius 3 is 2.50 bits per heavy atom. The number of carbonyl (C=O) groups excluding carboxylic acids is 2. The van der Waals surface area contributed by atoms with Crippen molar-refractivity contribution < 1.29 is 40.7 Å². The third-order valence-electron chi connectivity index (χ3n) is 5.50. The van der Waals surface area contributed by atoms with Gasteiger partial charge in [0.15, 0.2) is 0 Å². The first kappa shape index (κ1) is 27.1. The van der Waals surface area contributed by atoms with Crippen LogP contribution < -0.4 is 19.7 Å². The molecule has 2 aromatic rings. The molecule has 36 heavy (non-hydrogen) atoms. The molecule has 0 aliphatic carbocycles. The van der Waals surface area contributed by atoms with E-state index in [0.717, 1.165) is 4.31 Å². The number of benzene rings is 1. The number of alkyl halides is 3. The standard InChI is InChI=1S/C21H26F3N5O6S/c1-12-18(10-26-28(12)5)36(32,33)29-11-15(9-25-13(2)30)34-17-7-6-14(8-16(17)29)27-19(31)35-20(3,4)21(22,23)24/h6-8,10,15H,9,11H2,1-5H3,(H,25,30)(H,27,31). The van der Waals surface area contributed by atoms with Crippen molar-refractivity contribution in [2.75, 3.05) is 22.7 Å². The van der Waals surface area contributed by atoms with E-state index in [9.17, 15) is 31.2 Å². The Morgan fingerprint density at radius 2 is 1.94 bits per heavy atom. The van der Waals surface area contributed by atoms with E-state index in [1.165, 1.54) is 36.0 Å². The Kier molecular flexibility index (Phi) is 7.17. The number of nitrogens with zero attached hydrogens (tertiary/aromatic N) is 3. The lowest BCUT2D eigenvalue weighted by Crippen LogP contribution is -2.48. The second kappa shape index (κ2) is 9.52.